The third-order valence-corrected chi connectivity index (χ3v) is 5.21. The monoisotopic (exact) mass is 410 g/mol. The second-order valence-electron chi connectivity index (χ2n) is 6.36. The number of carbonyl (C=O) groups is 2. The molecule has 0 fully saturated rings. The van der Waals surface area contributed by atoms with Crippen LogP contribution in [-0.2, 0) is 5.75 Å². The van der Waals surface area contributed by atoms with Gasteiger partial charge in [-0.05, 0) is 43.7 Å². The Morgan fingerprint density at radius 2 is 1.90 bits per heavy atom. The first-order valence-corrected chi connectivity index (χ1v) is 10.2. The number of thioether (sulfide) groups is 1. The number of aryl methyl sites for hydroxylation is 2. The van der Waals surface area contributed by atoms with Crippen LogP contribution in [-0.4, -0.2) is 28.5 Å². The van der Waals surface area contributed by atoms with Crippen LogP contribution in [0.3, 0.4) is 0 Å². The molecular weight excluding hydrogens is 388 g/mol. The first-order valence-electron chi connectivity index (χ1n) is 9.19. The minimum Gasteiger partial charge on any atom is -0.352 e. The van der Waals surface area contributed by atoms with E-state index in [9.17, 15) is 9.59 Å². The molecule has 0 spiro atoms. The Morgan fingerprint density at radius 1 is 1.10 bits per heavy atom. The maximum Gasteiger partial charge on any atom is 0.256 e. The molecule has 0 saturated carbocycles. The fourth-order valence-corrected chi connectivity index (χ4v) is 3.57. The zero-order valence-electron chi connectivity index (χ0n) is 16.5. The Bertz CT molecular complexity index is 1030. The van der Waals surface area contributed by atoms with Crippen molar-refractivity contribution in [2.24, 2.45) is 0 Å². The number of aromatic nitrogens is 2. The predicted molar refractivity (Wildman–Crippen MR) is 112 cm³/mol. The van der Waals surface area contributed by atoms with Gasteiger partial charge in [-0.15, -0.1) is 11.8 Å². The minimum absolute atomic E-state index is 0.172. The molecule has 1 heterocycles. The van der Waals surface area contributed by atoms with Crippen molar-refractivity contribution in [1.82, 2.24) is 15.5 Å². The molecule has 8 heteroatoms. The number of nitrogens with zero attached hydrogens (tertiary/aromatic N) is 2. The van der Waals surface area contributed by atoms with E-state index in [4.69, 9.17) is 4.52 Å². The highest BCUT2D eigenvalue weighted by Crippen LogP contribution is 2.27. The predicted octanol–water partition coefficient (Wildman–Crippen LogP) is 3.98. The quantitative estimate of drug-likeness (QED) is 0.572. The SMILES string of the molecule is CCNC(=O)c1ccc(C)c(NC(=O)c2ccccc2SCc2noc(C)n2)c1. The van der Waals surface area contributed by atoms with Gasteiger partial charge in [-0.1, -0.05) is 23.4 Å². The van der Waals surface area contributed by atoms with Gasteiger partial charge >= 0.3 is 0 Å². The van der Waals surface area contributed by atoms with Gasteiger partial charge in [0, 0.05) is 29.6 Å². The lowest BCUT2D eigenvalue weighted by atomic mass is 10.1. The Kier molecular flexibility index (Phi) is 6.66. The number of anilines is 1. The summed E-state index contributed by atoms with van der Waals surface area (Å²) in [5.41, 5.74) is 2.52. The van der Waals surface area contributed by atoms with Crippen molar-refractivity contribution in [2.45, 2.75) is 31.4 Å². The average Bonchev–Trinajstić information content (AvgIpc) is 3.13. The van der Waals surface area contributed by atoms with Crippen LogP contribution in [0.25, 0.3) is 0 Å². The molecule has 0 saturated heterocycles. The van der Waals surface area contributed by atoms with Crippen molar-refractivity contribution in [2.75, 3.05) is 11.9 Å². The van der Waals surface area contributed by atoms with Crippen LogP contribution in [0.1, 0.15) is 44.9 Å². The largest absolute Gasteiger partial charge is 0.352 e. The second-order valence-corrected chi connectivity index (χ2v) is 7.37. The van der Waals surface area contributed by atoms with Crippen LogP contribution in [0, 0.1) is 13.8 Å². The summed E-state index contributed by atoms with van der Waals surface area (Å²) in [6.45, 7) is 6.02. The zero-order chi connectivity index (χ0) is 20.8. The molecule has 1 aromatic heterocycles. The Balaban J connectivity index is 1.77. The lowest BCUT2D eigenvalue weighted by molar-refractivity contribution is 0.0954. The maximum atomic E-state index is 12.9. The number of hydrogen-bond acceptors (Lipinski definition) is 6. The van der Waals surface area contributed by atoms with Crippen molar-refractivity contribution in [3.63, 3.8) is 0 Å². The van der Waals surface area contributed by atoms with E-state index < -0.39 is 0 Å². The van der Waals surface area contributed by atoms with E-state index in [0.717, 1.165) is 10.5 Å². The van der Waals surface area contributed by atoms with Crippen LogP contribution in [0.15, 0.2) is 51.9 Å². The smallest absolute Gasteiger partial charge is 0.256 e. The van der Waals surface area contributed by atoms with Gasteiger partial charge < -0.3 is 15.2 Å². The maximum absolute atomic E-state index is 12.9. The highest BCUT2D eigenvalue weighted by Gasteiger charge is 2.15. The van der Waals surface area contributed by atoms with Gasteiger partial charge in [-0.25, -0.2) is 0 Å². The van der Waals surface area contributed by atoms with E-state index in [1.165, 1.54) is 11.8 Å². The van der Waals surface area contributed by atoms with Crippen molar-refractivity contribution in [3.05, 3.63) is 70.9 Å². The molecule has 0 unspecified atom stereocenters. The highest BCUT2D eigenvalue weighted by molar-refractivity contribution is 7.98. The number of rotatable bonds is 7. The molecule has 0 atom stereocenters. The van der Waals surface area contributed by atoms with E-state index in [1.54, 1.807) is 25.1 Å². The third kappa shape index (κ3) is 5.23. The van der Waals surface area contributed by atoms with Gasteiger partial charge in [0.2, 0.25) is 5.89 Å². The Hall–Kier alpha value is -3.13. The van der Waals surface area contributed by atoms with E-state index in [-0.39, 0.29) is 11.8 Å². The average molecular weight is 410 g/mol. The summed E-state index contributed by atoms with van der Waals surface area (Å²) in [5.74, 6) is 1.16. The topological polar surface area (TPSA) is 97.1 Å². The van der Waals surface area contributed by atoms with Gasteiger partial charge in [0.1, 0.15) is 0 Å². The van der Waals surface area contributed by atoms with Crippen LogP contribution in [0.5, 0.6) is 0 Å². The molecule has 29 heavy (non-hydrogen) atoms. The lowest BCUT2D eigenvalue weighted by Gasteiger charge is -2.12. The van der Waals surface area contributed by atoms with Crippen LogP contribution < -0.4 is 10.6 Å². The normalized spacial score (nSPS) is 10.6. The zero-order valence-corrected chi connectivity index (χ0v) is 17.3. The summed E-state index contributed by atoms with van der Waals surface area (Å²) >= 11 is 1.46. The molecule has 3 aromatic rings. The summed E-state index contributed by atoms with van der Waals surface area (Å²) in [7, 11) is 0. The van der Waals surface area contributed by atoms with E-state index in [1.807, 2.05) is 38.1 Å². The van der Waals surface area contributed by atoms with Gasteiger partial charge in [-0.2, -0.15) is 4.98 Å². The second kappa shape index (κ2) is 9.38. The van der Waals surface area contributed by atoms with Crippen molar-refractivity contribution >= 4 is 29.3 Å². The number of hydrogen-bond donors (Lipinski definition) is 2. The molecule has 2 aromatic carbocycles. The highest BCUT2D eigenvalue weighted by atomic mass is 32.2. The molecule has 0 bridgehead atoms. The summed E-state index contributed by atoms with van der Waals surface area (Å²) < 4.78 is 4.98. The number of nitrogens with one attached hydrogen (secondary N) is 2. The van der Waals surface area contributed by atoms with Gasteiger partial charge in [0.25, 0.3) is 11.8 Å². The number of carbonyl (C=O) groups excluding carboxylic acids is 2. The first kappa shape index (κ1) is 20.6. The summed E-state index contributed by atoms with van der Waals surface area (Å²) in [6, 6.07) is 12.6. The van der Waals surface area contributed by atoms with Gasteiger partial charge in [0.05, 0.1) is 11.3 Å². The molecule has 0 aliphatic carbocycles. The Morgan fingerprint density at radius 3 is 2.62 bits per heavy atom. The number of amides is 2. The van der Waals surface area contributed by atoms with E-state index >= 15 is 0 Å². The molecule has 0 aliphatic rings. The first-order chi connectivity index (χ1) is 14.0. The summed E-state index contributed by atoms with van der Waals surface area (Å²) in [5, 5.41) is 9.57. The molecule has 7 nitrogen and oxygen atoms in total. The van der Waals surface area contributed by atoms with E-state index in [0.29, 0.717) is 40.8 Å². The van der Waals surface area contributed by atoms with Crippen LogP contribution >= 0.6 is 11.8 Å². The Labute approximate surface area is 173 Å². The minimum atomic E-state index is -0.242. The molecule has 3 rings (SSSR count). The molecule has 0 radical (unpaired) electrons. The number of benzene rings is 2. The van der Waals surface area contributed by atoms with Crippen molar-refractivity contribution in [3.8, 4) is 0 Å². The fourth-order valence-electron chi connectivity index (χ4n) is 2.67. The summed E-state index contributed by atoms with van der Waals surface area (Å²) in [6.07, 6.45) is 0. The van der Waals surface area contributed by atoms with Gasteiger partial charge in [-0.3, -0.25) is 9.59 Å². The van der Waals surface area contributed by atoms with Crippen molar-refractivity contribution < 1.29 is 14.1 Å². The molecule has 0 aliphatic heterocycles. The molecule has 150 valence electrons. The third-order valence-electron chi connectivity index (χ3n) is 4.14. The van der Waals surface area contributed by atoms with Crippen molar-refractivity contribution in [1.29, 1.82) is 0 Å². The lowest BCUT2D eigenvalue weighted by Crippen LogP contribution is -2.23. The molecule has 2 N–H and O–H groups in total. The molecular formula is C21H22N4O3S. The standard InChI is InChI=1S/C21H22N4O3S/c1-4-22-20(26)15-10-9-13(2)17(11-15)24-21(27)16-7-5-6-8-18(16)29-12-19-23-14(3)28-25-19/h5-11H,4,12H2,1-3H3,(H,22,26)(H,24,27). The summed E-state index contributed by atoms with van der Waals surface area (Å²) in [4.78, 5) is 30.0. The fraction of sp³-hybridized carbons (Fsp3) is 0.238. The van der Waals surface area contributed by atoms with Crippen LogP contribution in [0.4, 0.5) is 5.69 Å². The van der Waals surface area contributed by atoms with Gasteiger partial charge in [0.15, 0.2) is 5.82 Å². The van der Waals surface area contributed by atoms with E-state index in [2.05, 4.69) is 20.8 Å². The van der Waals surface area contributed by atoms with Crippen LogP contribution in [0.2, 0.25) is 0 Å². The molecule has 2 amide bonds.